The van der Waals surface area contributed by atoms with Crippen LogP contribution in [0.15, 0.2) is 24.3 Å². The van der Waals surface area contributed by atoms with E-state index in [1.54, 1.807) is 33.1 Å². The van der Waals surface area contributed by atoms with Crippen LogP contribution in [-0.2, 0) is 19.4 Å². The minimum atomic E-state index is -3.12. The lowest BCUT2D eigenvalue weighted by Crippen LogP contribution is -2.48. The molecule has 7 nitrogen and oxygen atoms in total. The molecule has 0 aliphatic carbocycles. The Hall–Kier alpha value is -2.09. The van der Waals surface area contributed by atoms with E-state index in [2.05, 4.69) is 5.32 Å². The molecule has 2 unspecified atom stereocenters. The number of benzene rings is 1. The number of hydrogen-bond donors (Lipinski definition) is 1. The van der Waals surface area contributed by atoms with Gasteiger partial charge in [0, 0.05) is 12.6 Å². The van der Waals surface area contributed by atoms with Crippen molar-refractivity contribution < 1.29 is 22.7 Å². The van der Waals surface area contributed by atoms with Crippen LogP contribution >= 0.6 is 0 Å². The molecule has 2 amide bonds. The zero-order chi connectivity index (χ0) is 18.6. The minimum Gasteiger partial charge on any atom is -0.497 e. The van der Waals surface area contributed by atoms with Gasteiger partial charge in [0.2, 0.25) is 0 Å². The van der Waals surface area contributed by atoms with Gasteiger partial charge in [0.1, 0.15) is 5.75 Å². The molecule has 1 N–H and O–H groups in total. The smallest absolute Gasteiger partial charge is 0.312 e. The van der Waals surface area contributed by atoms with Crippen molar-refractivity contribution in [1.82, 2.24) is 10.2 Å². The average molecular weight is 368 g/mol. The highest BCUT2D eigenvalue weighted by Gasteiger charge is 2.36. The van der Waals surface area contributed by atoms with Crippen molar-refractivity contribution in [2.24, 2.45) is 0 Å². The van der Waals surface area contributed by atoms with Gasteiger partial charge in [-0.1, -0.05) is 12.1 Å². The fourth-order valence-corrected chi connectivity index (χ4v) is 4.68. The molecule has 0 bridgehead atoms. The second kappa shape index (κ2) is 7.86. The summed E-state index contributed by atoms with van der Waals surface area (Å²) in [6.45, 7) is 3.82. The molecule has 1 fully saturated rings. The monoisotopic (exact) mass is 368 g/mol. The second-order valence-corrected chi connectivity index (χ2v) is 8.35. The summed E-state index contributed by atoms with van der Waals surface area (Å²) in [6.07, 6.45) is 0.378. The van der Waals surface area contributed by atoms with Crippen LogP contribution in [0.25, 0.3) is 0 Å². The predicted molar refractivity (Wildman–Crippen MR) is 94.0 cm³/mol. The average Bonchev–Trinajstić information content (AvgIpc) is 2.95. The van der Waals surface area contributed by atoms with E-state index in [-0.39, 0.29) is 17.5 Å². The maximum absolute atomic E-state index is 12.4. The number of nitrogens with zero attached hydrogens (tertiary/aromatic N) is 1. The third kappa shape index (κ3) is 4.72. The third-order valence-electron chi connectivity index (χ3n) is 4.41. The van der Waals surface area contributed by atoms with Gasteiger partial charge >= 0.3 is 11.8 Å². The molecule has 25 heavy (non-hydrogen) atoms. The SMILES string of the molecule is CCN(C(=O)C(=O)NC(C)c1ccc(OC)cc1)C1CCS(=O)(=O)C1. The summed E-state index contributed by atoms with van der Waals surface area (Å²) in [5.74, 6) is -0.725. The molecule has 1 heterocycles. The number of hydrogen-bond acceptors (Lipinski definition) is 5. The van der Waals surface area contributed by atoms with Crippen molar-refractivity contribution >= 4 is 21.7 Å². The number of amides is 2. The van der Waals surface area contributed by atoms with E-state index in [0.717, 1.165) is 5.56 Å². The van der Waals surface area contributed by atoms with Crippen LogP contribution in [0.1, 0.15) is 31.9 Å². The number of carbonyl (C=O) groups excluding carboxylic acids is 2. The van der Waals surface area contributed by atoms with Gasteiger partial charge in [-0.05, 0) is 38.0 Å². The Morgan fingerprint density at radius 1 is 1.32 bits per heavy atom. The third-order valence-corrected chi connectivity index (χ3v) is 6.16. The zero-order valence-electron chi connectivity index (χ0n) is 14.7. The van der Waals surface area contributed by atoms with Crippen LogP contribution in [0.2, 0.25) is 0 Å². The second-order valence-electron chi connectivity index (χ2n) is 6.12. The molecule has 8 heteroatoms. The molecule has 1 aromatic rings. The first kappa shape index (κ1) is 19.2. The predicted octanol–water partition coefficient (Wildman–Crippen LogP) is 0.908. The molecule has 0 aromatic heterocycles. The standard InChI is InChI=1S/C17H24N2O5S/c1-4-19(14-9-10-25(22,23)11-14)17(21)16(20)18-12(2)13-5-7-15(24-3)8-6-13/h5-8,12,14H,4,9-11H2,1-3H3,(H,18,20). The molecule has 0 spiro atoms. The van der Waals surface area contributed by atoms with Crippen LogP contribution in [0.4, 0.5) is 0 Å². The molecular formula is C17H24N2O5S. The van der Waals surface area contributed by atoms with Gasteiger partial charge in [-0.3, -0.25) is 9.59 Å². The lowest BCUT2D eigenvalue weighted by atomic mass is 10.1. The van der Waals surface area contributed by atoms with E-state index < -0.39 is 27.7 Å². The minimum absolute atomic E-state index is 0.0608. The van der Waals surface area contributed by atoms with Gasteiger partial charge in [0.15, 0.2) is 9.84 Å². The Bertz CT molecular complexity index is 730. The molecule has 1 aliphatic heterocycles. The van der Waals surface area contributed by atoms with E-state index in [0.29, 0.717) is 18.7 Å². The molecule has 138 valence electrons. The van der Waals surface area contributed by atoms with E-state index in [1.165, 1.54) is 4.90 Å². The summed E-state index contributed by atoms with van der Waals surface area (Å²) in [6, 6.07) is 6.41. The van der Waals surface area contributed by atoms with E-state index in [9.17, 15) is 18.0 Å². The lowest BCUT2D eigenvalue weighted by molar-refractivity contribution is -0.147. The topological polar surface area (TPSA) is 92.8 Å². The highest BCUT2D eigenvalue weighted by Crippen LogP contribution is 2.19. The number of nitrogens with one attached hydrogen (secondary N) is 1. The van der Waals surface area contributed by atoms with Crippen LogP contribution in [-0.4, -0.2) is 56.3 Å². The number of rotatable bonds is 5. The van der Waals surface area contributed by atoms with Crippen molar-refractivity contribution in [1.29, 1.82) is 0 Å². The number of likely N-dealkylation sites (N-methyl/N-ethyl adjacent to an activating group) is 1. The number of methoxy groups -OCH3 is 1. The van der Waals surface area contributed by atoms with Crippen molar-refractivity contribution in [3.8, 4) is 5.75 Å². The van der Waals surface area contributed by atoms with Crippen LogP contribution in [0.3, 0.4) is 0 Å². The Labute approximate surface area is 148 Å². The van der Waals surface area contributed by atoms with E-state index in [4.69, 9.17) is 4.74 Å². The fraction of sp³-hybridized carbons (Fsp3) is 0.529. The van der Waals surface area contributed by atoms with Crippen molar-refractivity contribution in [2.45, 2.75) is 32.4 Å². The first-order chi connectivity index (χ1) is 11.8. The summed E-state index contributed by atoms with van der Waals surface area (Å²) in [5, 5.41) is 2.67. The van der Waals surface area contributed by atoms with Crippen molar-refractivity contribution in [3.05, 3.63) is 29.8 Å². The molecule has 2 rings (SSSR count). The summed E-state index contributed by atoms with van der Waals surface area (Å²) in [4.78, 5) is 26.1. The molecule has 1 aromatic carbocycles. The van der Waals surface area contributed by atoms with Gasteiger partial charge in [-0.25, -0.2) is 8.42 Å². The Kier molecular flexibility index (Phi) is 6.05. The Morgan fingerprint density at radius 2 is 1.96 bits per heavy atom. The van der Waals surface area contributed by atoms with Crippen LogP contribution in [0.5, 0.6) is 5.75 Å². The van der Waals surface area contributed by atoms with Crippen molar-refractivity contribution in [3.63, 3.8) is 0 Å². The van der Waals surface area contributed by atoms with Gasteiger partial charge < -0.3 is 15.0 Å². The van der Waals surface area contributed by atoms with Crippen molar-refractivity contribution in [2.75, 3.05) is 25.2 Å². The van der Waals surface area contributed by atoms with Crippen LogP contribution < -0.4 is 10.1 Å². The Morgan fingerprint density at radius 3 is 2.44 bits per heavy atom. The highest BCUT2D eigenvalue weighted by atomic mass is 32.2. The molecule has 2 atom stereocenters. The Balaban J connectivity index is 2.01. The number of ether oxygens (including phenoxy) is 1. The molecule has 0 saturated carbocycles. The highest BCUT2D eigenvalue weighted by molar-refractivity contribution is 7.91. The summed E-state index contributed by atoms with van der Waals surface area (Å²) >= 11 is 0. The maximum atomic E-state index is 12.4. The summed E-state index contributed by atoms with van der Waals surface area (Å²) in [7, 11) is -1.55. The normalized spacial score (nSPS) is 19.9. The van der Waals surface area contributed by atoms with Gasteiger partial charge in [-0.15, -0.1) is 0 Å². The zero-order valence-corrected chi connectivity index (χ0v) is 15.5. The summed E-state index contributed by atoms with van der Waals surface area (Å²) < 4.78 is 28.3. The molecular weight excluding hydrogens is 344 g/mol. The van der Waals surface area contributed by atoms with Gasteiger partial charge in [0.05, 0.1) is 24.7 Å². The fourth-order valence-electron chi connectivity index (χ4n) is 2.95. The number of carbonyl (C=O) groups is 2. The largest absolute Gasteiger partial charge is 0.497 e. The molecule has 1 aliphatic rings. The first-order valence-electron chi connectivity index (χ1n) is 8.23. The maximum Gasteiger partial charge on any atom is 0.312 e. The van der Waals surface area contributed by atoms with E-state index in [1.807, 2.05) is 12.1 Å². The lowest BCUT2D eigenvalue weighted by Gasteiger charge is -2.26. The van der Waals surface area contributed by atoms with E-state index >= 15 is 0 Å². The first-order valence-corrected chi connectivity index (χ1v) is 10.1. The summed E-state index contributed by atoms with van der Waals surface area (Å²) in [5.41, 5.74) is 0.841. The quantitative estimate of drug-likeness (QED) is 0.780. The molecule has 0 radical (unpaired) electrons. The van der Waals surface area contributed by atoms with Crippen LogP contribution in [0, 0.1) is 0 Å². The van der Waals surface area contributed by atoms with Gasteiger partial charge in [-0.2, -0.15) is 0 Å². The van der Waals surface area contributed by atoms with Gasteiger partial charge in [0.25, 0.3) is 0 Å². The number of sulfone groups is 1. The molecule has 1 saturated heterocycles.